The summed E-state index contributed by atoms with van der Waals surface area (Å²) in [6.45, 7) is 7.11. The summed E-state index contributed by atoms with van der Waals surface area (Å²) >= 11 is 0. The zero-order chi connectivity index (χ0) is 18.1. The summed E-state index contributed by atoms with van der Waals surface area (Å²) in [6.07, 6.45) is 3.72. The lowest BCUT2D eigenvalue weighted by molar-refractivity contribution is -0.131. The Morgan fingerprint density at radius 3 is 2.54 bits per heavy atom. The lowest BCUT2D eigenvalue weighted by Gasteiger charge is -2.28. The molecule has 6 heteroatoms. The molecule has 1 aromatic rings. The van der Waals surface area contributed by atoms with Crippen LogP contribution in [0.4, 0.5) is 0 Å². The fraction of sp³-hybridized carbons (Fsp3) is 0.650. The van der Waals surface area contributed by atoms with Crippen molar-refractivity contribution >= 4 is 18.3 Å². The van der Waals surface area contributed by atoms with Crippen LogP contribution in [0.15, 0.2) is 24.3 Å². The van der Waals surface area contributed by atoms with E-state index in [4.69, 9.17) is 15.2 Å². The van der Waals surface area contributed by atoms with E-state index in [0.29, 0.717) is 19.7 Å². The predicted octanol–water partition coefficient (Wildman–Crippen LogP) is 3.19. The lowest BCUT2D eigenvalue weighted by atomic mass is 9.81. The normalized spacial score (nSPS) is 15.3. The van der Waals surface area contributed by atoms with Crippen LogP contribution in [0.25, 0.3) is 0 Å². The Balaban J connectivity index is 0.00000338. The number of nitrogens with two attached hydrogens (primary N) is 1. The van der Waals surface area contributed by atoms with E-state index in [2.05, 4.69) is 17.4 Å². The first-order valence-corrected chi connectivity index (χ1v) is 9.39. The minimum absolute atomic E-state index is 0. The molecule has 0 unspecified atom stereocenters. The molecule has 0 aliphatic carbocycles. The number of hydrogen-bond acceptors (Lipinski definition) is 4. The van der Waals surface area contributed by atoms with Crippen LogP contribution in [-0.2, 0) is 27.4 Å². The second kappa shape index (κ2) is 11.5. The van der Waals surface area contributed by atoms with Gasteiger partial charge in [0.1, 0.15) is 0 Å². The largest absolute Gasteiger partial charge is 0.381 e. The number of rotatable bonds is 9. The molecule has 1 aromatic carbocycles. The molecule has 1 amide bonds. The van der Waals surface area contributed by atoms with Gasteiger partial charge in [0.25, 0.3) is 0 Å². The third kappa shape index (κ3) is 6.23. The van der Waals surface area contributed by atoms with Crippen LogP contribution in [0.2, 0.25) is 0 Å². The Morgan fingerprint density at radius 1 is 1.27 bits per heavy atom. The first kappa shape index (κ1) is 22.9. The van der Waals surface area contributed by atoms with Crippen LogP contribution < -0.4 is 11.1 Å². The van der Waals surface area contributed by atoms with Crippen molar-refractivity contribution in [3.63, 3.8) is 0 Å². The molecule has 3 N–H and O–H groups in total. The molecule has 0 atom stereocenters. The number of hydrogen-bond donors (Lipinski definition) is 2. The highest BCUT2D eigenvalue weighted by Crippen LogP contribution is 2.25. The zero-order valence-corrected chi connectivity index (χ0v) is 16.8. The van der Waals surface area contributed by atoms with Gasteiger partial charge in [-0.1, -0.05) is 38.1 Å². The molecule has 0 spiro atoms. The number of benzene rings is 1. The summed E-state index contributed by atoms with van der Waals surface area (Å²) in [4.78, 5) is 12.5. The smallest absolute Gasteiger partial charge is 0.227 e. The van der Waals surface area contributed by atoms with Crippen molar-refractivity contribution in [2.75, 3.05) is 19.8 Å². The number of carbonyl (C=O) groups excluding carboxylic acids is 1. The Bertz CT molecular complexity index is 535. The van der Waals surface area contributed by atoms with E-state index in [1.165, 1.54) is 0 Å². The molecular weight excluding hydrogens is 352 g/mol. The van der Waals surface area contributed by atoms with E-state index < -0.39 is 5.41 Å². The summed E-state index contributed by atoms with van der Waals surface area (Å²) in [5.41, 5.74) is 7.61. The number of nitrogens with one attached hydrogen (secondary N) is 1. The first-order chi connectivity index (χ1) is 12.1. The Hall–Kier alpha value is -1.14. The highest BCUT2D eigenvalue weighted by molar-refractivity contribution is 5.85. The van der Waals surface area contributed by atoms with E-state index in [1.807, 2.05) is 26.0 Å². The maximum atomic E-state index is 12.5. The van der Waals surface area contributed by atoms with E-state index in [-0.39, 0.29) is 24.4 Å². The topological polar surface area (TPSA) is 73.6 Å². The van der Waals surface area contributed by atoms with Crippen molar-refractivity contribution in [3.8, 4) is 0 Å². The molecule has 0 bridgehead atoms. The van der Waals surface area contributed by atoms with Gasteiger partial charge in [0.2, 0.25) is 5.91 Å². The van der Waals surface area contributed by atoms with Gasteiger partial charge < -0.3 is 20.5 Å². The van der Waals surface area contributed by atoms with E-state index in [9.17, 15) is 4.79 Å². The fourth-order valence-electron chi connectivity index (χ4n) is 3.21. The monoisotopic (exact) mass is 384 g/mol. The summed E-state index contributed by atoms with van der Waals surface area (Å²) in [6, 6.07) is 8.20. The molecule has 0 saturated carbocycles. The molecule has 1 aliphatic heterocycles. The zero-order valence-electron chi connectivity index (χ0n) is 16.0. The van der Waals surface area contributed by atoms with Crippen LogP contribution in [0.1, 0.15) is 50.7 Å². The molecule has 1 fully saturated rings. The SMILES string of the molecule is CCC(CC)(CN)C(=O)NCc1cccc(COC2CCOCC2)c1.Cl. The Labute approximate surface area is 163 Å². The van der Waals surface area contributed by atoms with Gasteiger partial charge in [-0.2, -0.15) is 0 Å². The van der Waals surface area contributed by atoms with Crippen LogP contribution in [0.5, 0.6) is 0 Å². The van der Waals surface area contributed by atoms with Crippen molar-refractivity contribution in [1.82, 2.24) is 5.32 Å². The Morgan fingerprint density at radius 2 is 1.92 bits per heavy atom. The molecule has 0 radical (unpaired) electrons. The van der Waals surface area contributed by atoms with Crippen molar-refractivity contribution in [3.05, 3.63) is 35.4 Å². The third-order valence-corrected chi connectivity index (χ3v) is 5.32. The second-order valence-corrected chi connectivity index (χ2v) is 6.82. The van der Waals surface area contributed by atoms with Gasteiger partial charge in [-0.3, -0.25) is 4.79 Å². The maximum absolute atomic E-state index is 12.5. The molecule has 0 aromatic heterocycles. The first-order valence-electron chi connectivity index (χ1n) is 9.39. The number of carbonyl (C=O) groups is 1. The van der Waals surface area contributed by atoms with Crippen molar-refractivity contribution in [1.29, 1.82) is 0 Å². The highest BCUT2D eigenvalue weighted by Gasteiger charge is 2.32. The van der Waals surface area contributed by atoms with Gasteiger partial charge in [0.15, 0.2) is 0 Å². The molecule has 2 rings (SSSR count). The second-order valence-electron chi connectivity index (χ2n) is 6.82. The summed E-state index contributed by atoms with van der Waals surface area (Å²) in [5.74, 6) is 0.0452. The van der Waals surface area contributed by atoms with Gasteiger partial charge in [0.05, 0.1) is 18.1 Å². The highest BCUT2D eigenvalue weighted by atomic mass is 35.5. The lowest BCUT2D eigenvalue weighted by Crippen LogP contribution is -2.45. The van der Waals surface area contributed by atoms with E-state index in [1.54, 1.807) is 0 Å². The quantitative estimate of drug-likeness (QED) is 0.685. The van der Waals surface area contributed by atoms with Crippen LogP contribution >= 0.6 is 12.4 Å². The van der Waals surface area contributed by atoms with E-state index in [0.717, 1.165) is 50.0 Å². The van der Waals surface area contributed by atoms with Gasteiger partial charge in [-0.15, -0.1) is 12.4 Å². The fourth-order valence-corrected chi connectivity index (χ4v) is 3.21. The van der Waals surface area contributed by atoms with Crippen molar-refractivity contribution in [2.45, 2.75) is 58.8 Å². The van der Waals surface area contributed by atoms with Gasteiger partial charge in [0, 0.05) is 26.3 Å². The number of amides is 1. The van der Waals surface area contributed by atoms with Gasteiger partial charge in [-0.25, -0.2) is 0 Å². The molecule has 1 saturated heterocycles. The van der Waals surface area contributed by atoms with Crippen LogP contribution in [0, 0.1) is 5.41 Å². The molecule has 26 heavy (non-hydrogen) atoms. The molecule has 5 nitrogen and oxygen atoms in total. The number of ether oxygens (including phenoxy) is 2. The molecule has 1 aliphatic rings. The summed E-state index contributed by atoms with van der Waals surface area (Å²) in [5, 5.41) is 3.05. The molecule has 148 valence electrons. The average Bonchev–Trinajstić information content (AvgIpc) is 2.68. The van der Waals surface area contributed by atoms with E-state index >= 15 is 0 Å². The maximum Gasteiger partial charge on any atom is 0.227 e. The molecular formula is C20H33ClN2O3. The average molecular weight is 385 g/mol. The van der Waals surface area contributed by atoms with Crippen molar-refractivity contribution < 1.29 is 14.3 Å². The third-order valence-electron chi connectivity index (χ3n) is 5.32. The van der Waals surface area contributed by atoms with Crippen LogP contribution in [0.3, 0.4) is 0 Å². The van der Waals surface area contributed by atoms with Gasteiger partial charge in [-0.05, 0) is 36.8 Å². The van der Waals surface area contributed by atoms with Crippen molar-refractivity contribution in [2.24, 2.45) is 11.1 Å². The minimum Gasteiger partial charge on any atom is -0.381 e. The number of halogens is 1. The van der Waals surface area contributed by atoms with Gasteiger partial charge >= 0.3 is 0 Å². The Kier molecular flexibility index (Phi) is 10.2. The standard InChI is InChI=1S/C20H32N2O3.ClH/c1-3-20(4-2,15-21)19(23)22-13-16-6-5-7-17(12-16)14-25-18-8-10-24-11-9-18;/h5-7,12,18H,3-4,8-11,13-15,21H2,1-2H3,(H,22,23);1H. The predicted molar refractivity (Wildman–Crippen MR) is 106 cm³/mol. The summed E-state index contributed by atoms with van der Waals surface area (Å²) < 4.78 is 11.3. The molecule has 1 heterocycles. The van der Waals surface area contributed by atoms with Crippen LogP contribution in [-0.4, -0.2) is 31.8 Å². The minimum atomic E-state index is -0.455. The summed E-state index contributed by atoms with van der Waals surface area (Å²) in [7, 11) is 0.